The van der Waals surface area contributed by atoms with Crippen molar-refractivity contribution in [1.29, 1.82) is 0 Å². The fourth-order valence-corrected chi connectivity index (χ4v) is 3.99. The largest absolute Gasteiger partial charge is 0.496 e. The SMILES string of the molecule is CCCN(CC1CC1)S(=O)(=O)c1ccc(OC)c(CO)c1. The Morgan fingerprint density at radius 2 is 2.10 bits per heavy atom. The van der Waals surface area contributed by atoms with Crippen molar-refractivity contribution >= 4 is 10.0 Å². The van der Waals surface area contributed by atoms with Crippen molar-refractivity contribution in [2.24, 2.45) is 5.92 Å². The van der Waals surface area contributed by atoms with Gasteiger partial charge in [-0.25, -0.2) is 8.42 Å². The van der Waals surface area contributed by atoms with E-state index in [9.17, 15) is 13.5 Å². The first-order valence-electron chi connectivity index (χ1n) is 7.30. The van der Waals surface area contributed by atoms with Crippen LogP contribution in [0.4, 0.5) is 0 Å². The van der Waals surface area contributed by atoms with E-state index in [1.165, 1.54) is 13.2 Å². The number of nitrogens with zero attached hydrogens (tertiary/aromatic N) is 1. The molecule has 1 aliphatic carbocycles. The quantitative estimate of drug-likeness (QED) is 0.797. The molecule has 2 rings (SSSR count). The van der Waals surface area contributed by atoms with Crippen molar-refractivity contribution in [2.75, 3.05) is 20.2 Å². The molecule has 0 aromatic heterocycles. The summed E-state index contributed by atoms with van der Waals surface area (Å²) >= 11 is 0. The summed E-state index contributed by atoms with van der Waals surface area (Å²) in [7, 11) is -2.01. The predicted molar refractivity (Wildman–Crippen MR) is 80.7 cm³/mol. The van der Waals surface area contributed by atoms with Gasteiger partial charge in [-0.05, 0) is 43.4 Å². The van der Waals surface area contributed by atoms with Crippen molar-refractivity contribution < 1.29 is 18.3 Å². The Hall–Kier alpha value is -1.11. The highest BCUT2D eigenvalue weighted by Crippen LogP contribution is 2.32. The van der Waals surface area contributed by atoms with Crippen molar-refractivity contribution in [3.05, 3.63) is 23.8 Å². The highest BCUT2D eigenvalue weighted by molar-refractivity contribution is 7.89. The van der Waals surface area contributed by atoms with Gasteiger partial charge in [0.2, 0.25) is 10.0 Å². The molecule has 1 aliphatic rings. The number of hydrogen-bond donors (Lipinski definition) is 1. The van der Waals surface area contributed by atoms with E-state index in [1.54, 1.807) is 16.4 Å². The molecule has 118 valence electrons. The second-order valence-corrected chi connectivity index (χ2v) is 7.38. The van der Waals surface area contributed by atoms with E-state index in [2.05, 4.69) is 0 Å². The Morgan fingerprint density at radius 1 is 1.38 bits per heavy atom. The van der Waals surface area contributed by atoms with E-state index >= 15 is 0 Å². The molecule has 0 spiro atoms. The van der Waals surface area contributed by atoms with Gasteiger partial charge in [0.25, 0.3) is 0 Å². The molecule has 21 heavy (non-hydrogen) atoms. The Bertz CT molecular complexity index is 581. The third-order valence-electron chi connectivity index (χ3n) is 3.69. The summed E-state index contributed by atoms with van der Waals surface area (Å²) in [6.45, 7) is 2.85. The van der Waals surface area contributed by atoms with Gasteiger partial charge in [0.15, 0.2) is 0 Å². The first-order chi connectivity index (χ1) is 10.0. The van der Waals surface area contributed by atoms with E-state index in [0.29, 0.717) is 30.3 Å². The fourth-order valence-electron chi connectivity index (χ4n) is 2.34. The Kier molecular flexibility index (Phi) is 5.24. The molecule has 1 aromatic rings. The monoisotopic (exact) mass is 313 g/mol. The maximum absolute atomic E-state index is 12.8. The number of benzene rings is 1. The Morgan fingerprint density at radius 3 is 2.62 bits per heavy atom. The van der Waals surface area contributed by atoms with Crippen LogP contribution in [0.1, 0.15) is 31.7 Å². The molecule has 5 nitrogen and oxygen atoms in total. The highest BCUT2D eigenvalue weighted by Gasteiger charge is 2.31. The molecule has 0 saturated heterocycles. The molecule has 1 aromatic carbocycles. The Balaban J connectivity index is 2.31. The van der Waals surface area contributed by atoms with Crippen molar-refractivity contribution in [2.45, 2.75) is 37.7 Å². The van der Waals surface area contributed by atoms with Crippen LogP contribution in [0.2, 0.25) is 0 Å². The minimum Gasteiger partial charge on any atom is -0.496 e. The molecule has 0 aliphatic heterocycles. The molecule has 0 atom stereocenters. The third kappa shape index (κ3) is 3.75. The predicted octanol–water partition coefficient (Wildman–Crippen LogP) is 2.00. The summed E-state index contributed by atoms with van der Waals surface area (Å²) in [5, 5.41) is 9.35. The lowest BCUT2D eigenvalue weighted by atomic mass is 10.2. The maximum Gasteiger partial charge on any atom is 0.243 e. The zero-order chi connectivity index (χ0) is 15.5. The third-order valence-corrected chi connectivity index (χ3v) is 5.55. The zero-order valence-electron chi connectivity index (χ0n) is 12.6. The van der Waals surface area contributed by atoms with Crippen molar-refractivity contribution in [3.63, 3.8) is 0 Å². The normalized spacial score (nSPS) is 15.4. The number of ether oxygens (including phenoxy) is 1. The van der Waals surface area contributed by atoms with Gasteiger partial charge in [0.05, 0.1) is 18.6 Å². The number of aliphatic hydroxyl groups is 1. The highest BCUT2D eigenvalue weighted by atomic mass is 32.2. The van der Waals surface area contributed by atoms with Crippen LogP contribution in [-0.2, 0) is 16.6 Å². The van der Waals surface area contributed by atoms with Gasteiger partial charge in [0.1, 0.15) is 5.75 Å². The standard InChI is InChI=1S/C15H23NO4S/c1-3-8-16(10-12-4-5-12)21(18,19)14-6-7-15(20-2)13(9-14)11-17/h6-7,9,12,17H,3-5,8,10-11H2,1-2H3. The van der Waals surface area contributed by atoms with Crippen LogP contribution in [0.15, 0.2) is 23.1 Å². The van der Waals surface area contributed by atoms with Crippen molar-refractivity contribution in [3.8, 4) is 5.75 Å². The first-order valence-corrected chi connectivity index (χ1v) is 8.74. The van der Waals surface area contributed by atoms with Gasteiger partial charge in [-0.3, -0.25) is 0 Å². The lowest BCUT2D eigenvalue weighted by molar-refractivity contribution is 0.273. The Labute approximate surface area is 126 Å². The number of aliphatic hydroxyl groups excluding tert-OH is 1. The van der Waals surface area contributed by atoms with Crippen LogP contribution in [-0.4, -0.2) is 38.0 Å². The molecule has 0 bridgehead atoms. The number of rotatable bonds is 8. The summed E-state index contributed by atoms with van der Waals surface area (Å²) in [6.07, 6.45) is 3.01. The average molecular weight is 313 g/mol. The first kappa shape index (κ1) is 16.3. The van der Waals surface area contributed by atoms with Gasteiger partial charge in [-0.15, -0.1) is 0 Å². The minimum absolute atomic E-state index is 0.224. The maximum atomic E-state index is 12.8. The van der Waals surface area contributed by atoms with Crippen molar-refractivity contribution in [1.82, 2.24) is 4.31 Å². The van der Waals surface area contributed by atoms with E-state index in [1.807, 2.05) is 6.92 Å². The lowest BCUT2D eigenvalue weighted by Gasteiger charge is -2.22. The smallest absolute Gasteiger partial charge is 0.243 e. The van der Waals surface area contributed by atoms with Crippen LogP contribution < -0.4 is 4.74 Å². The van der Waals surface area contributed by atoms with Crippen LogP contribution in [0, 0.1) is 5.92 Å². The second kappa shape index (κ2) is 6.77. The van der Waals surface area contributed by atoms with Gasteiger partial charge < -0.3 is 9.84 Å². The van der Waals surface area contributed by atoms with Gasteiger partial charge in [-0.1, -0.05) is 6.92 Å². The molecule has 6 heteroatoms. The molecule has 1 N–H and O–H groups in total. The zero-order valence-corrected chi connectivity index (χ0v) is 13.4. The van der Waals surface area contributed by atoms with E-state index in [-0.39, 0.29) is 11.5 Å². The summed E-state index contributed by atoms with van der Waals surface area (Å²) in [5.74, 6) is 1.00. The van der Waals surface area contributed by atoms with Gasteiger partial charge in [0, 0.05) is 18.7 Å². The topological polar surface area (TPSA) is 66.8 Å². The molecule has 0 radical (unpaired) electrons. The molecule has 1 saturated carbocycles. The molecule has 0 amide bonds. The van der Waals surface area contributed by atoms with Gasteiger partial charge >= 0.3 is 0 Å². The summed E-state index contributed by atoms with van der Waals surface area (Å²) in [5.41, 5.74) is 0.487. The van der Waals surface area contributed by atoms with Crippen LogP contribution in [0.3, 0.4) is 0 Å². The van der Waals surface area contributed by atoms with E-state index in [0.717, 1.165) is 19.3 Å². The molecule has 0 heterocycles. The van der Waals surface area contributed by atoms with Gasteiger partial charge in [-0.2, -0.15) is 4.31 Å². The molecular weight excluding hydrogens is 290 g/mol. The van der Waals surface area contributed by atoms with Crippen LogP contribution in [0.5, 0.6) is 5.75 Å². The van der Waals surface area contributed by atoms with E-state index < -0.39 is 10.0 Å². The molecule has 0 unspecified atom stereocenters. The average Bonchev–Trinajstić information content (AvgIpc) is 3.30. The number of methoxy groups -OCH3 is 1. The molecular formula is C15H23NO4S. The fraction of sp³-hybridized carbons (Fsp3) is 0.600. The lowest BCUT2D eigenvalue weighted by Crippen LogP contribution is -2.33. The number of sulfonamides is 1. The van der Waals surface area contributed by atoms with Crippen LogP contribution >= 0.6 is 0 Å². The van der Waals surface area contributed by atoms with Crippen LogP contribution in [0.25, 0.3) is 0 Å². The summed E-state index contributed by atoms with van der Waals surface area (Å²) in [6, 6.07) is 4.65. The summed E-state index contributed by atoms with van der Waals surface area (Å²) in [4.78, 5) is 0.224. The van der Waals surface area contributed by atoms with E-state index in [4.69, 9.17) is 4.74 Å². The minimum atomic E-state index is -3.51. The molecule has 1 fully saturated rings. The second-order valence-electron chi connectivity index (χ2n) is 5.44. The number of hydrogen-bond acceptors (Lipinski definition) is 4. The summed E-state index contributed by atoms with van der Waals surface area (Å²) < 4.78 is 32.2.